The molecule has 5 nitrogen and oxygen atoms in total. The third-order valence-electron chi connectivity index (χ3n) is 6.75. The number of ether oxygens (including phenoxy) is 1. The van der Waals surface area contributed by atoms with E-state index >= 15 is 0 Å². The van der Waals surface area contributed by atoms with Gasteiger partial charge in [-0.3, -0.25) is 4.79 Å². The summed E-state index contributed by atoms with van der Waals surface area (Å²) < 4.78 is 10.7. The van der Waals surface area contributed by atoms with E-state index in [1.807, 2.05) is 25.2 Å². The lowest BCUT2D eigenvalue weighted by atomic mass is 9.72. The summed E-state index contributed by atoms with van der Waals surface area (Å²) in [5.41, 5.74) is 5.23. The van der Waals surface area contributed by atoms with E-state index in [2.05, 4.69) is 39.8 Å². The van der Waals surface area contributed by atoms with Gasteiger partial charge in [-0.25, -0.2) is 9.59 Å². The number of rotatable bonds is 7. The molecule has 1 heterocycles. The molecule has 3 rings (SSSR count). The summed E-state index contributed by atoms with van der Waals surface area (Å²) in [7, 11) is 0. The monoisotopic (exact) mass is 500 g/mol. The second-order valence-electron chi connectivity index (χ2n) is 10.5. The molecule has 37 heavy (non-hydrogen) atoms. The fourth-order valence-electron chi connectivity index (χ4n) is 4.68. The Bertz CT molecular complexity index is 1440. The van der Waals surface area contributed by atoms with Gasteiger partial charge in [0.1, 0.15) is 16.9 Å². The van der Waals surface area contributed by atoms with Crippen molar-refractivity contribution < 1.29 is 18.7 Å². The van der Waals surface area contributed by atoms with Crippen molar-refractivity contribution in [1.82, 2.24) is 0 Å². The minimum Gasteiger partial charge on any atom is -0.423 e. The average Bonchev–Trinajstić information content (AvgIpc) is 2.77. The van der Waals surface area contributed by atoms with Gasteiger partial charge >= 0.3 is 11.6 Å². The van der Waals surface area contributed by atoms with E-state index in [9.17, 15) is 14.4 Å². The summed E-state index contributed by atoms with van der Waals surface area (Å²) in [5.74, 6) is -0.634. The van der Waals surface area contributed by atoms with Crippen molar-refractivity contribution in [2.75, 3.05) is 0 Å². The van der Waals surface area contributed by atoms with Crippen LogP contribution in [0.3, 0.4) is 0 Å². The first kappa shape index (κ1) is 27.9. The van der Waals surface area contributed by atoms with Gasteiger partial charge in [0.2, 0.25) is 0 Å². The predicted molar refractivity (Wildman–Crippen MR) is 149 cm³/mol. The number of aryl methyl sites for hydroxylation is 1. The molecule has 0 fully saturated rings. The molecular formula is C32H36O5. The topological polar surface area (TPSA) is 73.6 Å². The Kier molecular flexibility index (Phi) is 8.69. The maximum Gasteiger partial charge on any atom is 0.347 e. The second kappa shape index (κ2) is 11.5. The van der Waals surface area contributed by atoms with Gasteiger partial charge in [0.15, 0.2) is 5.78 Å². The Morgan fingerprint density at radius 1 is 1.03 bits per heavy atom. The molecule has 5 heteroatoms. The van der Waals surface area contributed by atoms with E-state index in [0.717, 1.165) is 16.7 Å². The van der Waals surface area contributed by atoms with Crippen LogP contribution < -0.4 is 10.4 Å². The Morgan fingerprint density at radius 3 is 2.43 bits per heavy atom. The van der Waals surface area contributed by atoms with Gasteiger partial charge in [-0.05, 0) is 88.1 Å². The van der Waals surface area contributed by atoms with Crippen LogP contribution in [0, 0.1) is 12.3 Å². The van der Waals surface area contributed by atoms with Gasteiger partial charge in [-0.2, -0.15) is 0 Å². The molecular weight excluding hydrogens is 464 g/mol. The van der Waals surface area contributed by atoms with Crippen molar-refractivity contribution in [3.63, 3.8) is 0 Å². The zero-order chi connectivity index (χ0) is 27.3. The number of carbonyl (C=O) groups excluding carboxylic acids is 2. The molecule has 194 valence electrons. The maximum absolute atomic E-state index is 12.4. The Morgan fingerprint density at radius 2 is 1.76 bits per heavy atom. The first-order chi connectivity index (χ1) is 17.4. The minimum atomic E-state index is -0.712. The van der Waals surface area contributed by atoms with E-state index in [-0.39, 0.29) is 28.1 Å². The number of benzene rings is 1. The number of ketones is 1. The molecule has 0 saturated heterocycles. The van der Waals surface area contributed by atoms with Gasteiger partial charge < -0.3 is 9.15 Å². The van der Waals surface area contributed by atoms with Crippen LogP contribution in [-0.4, -0.2) is 11.8 Å². The third-order valence-corrected chi connectivity index (χ3v) is 6.75. The van der Waals surface area contributed by atoms with Crippen molar-refractivity contribution in [3.05, 3.63) is 98.5 Å². The van der Waals surface area contributed by atoms with Crippen molar-refractivity contribution >= 4 is 22.7 Å². The number of Topliss-reactive ketones (excluding diaryl/α,β-unsaturated/α-hetero) is 1. The van der Waals surface area contributed by atoms with Gasteiger partial charge in [0, 0.05) is 17.5 Å². The lowest BCUT2D eigenvalue weighted by molar-refractivity contribution is -0.129. The fraction of sp³-hybridized carbons (Fsp3) is 0.344. The summed E-state index contributed by atoms with van der Waals surface area (Å²) in [6.45, 7) is 13.8. The van der Waals surface area contributed by atoms with E-state index in [1.54, 1.807) is 13.0 Å². The molecule has 0 radical (unpaired) electrons. The van der Waals surface area contributed by atoms with Crippen LogP contribution in [0.2, 0.25) is 0 Å². The molecule has 2 aromatic rings. The molecule has 0 saturated carbocycles. The normalized spacial score (nSPS) is 16.7. The Hall–Kier alpha value is -3.73. The number of hydrogen-bond donors (Lipinski definition) is 0. The predicted octanol–water partition coefficient (Wildman–Crippen LogP) is 7.74. The fourth-order valence-corrected chi connectivity index (χ4v) is 4.68. The molecule has 0 N–H and O–H groups in total. The highest BCUT2D eigenvalue weighted by Gasteiger charge is 2.26. The van der Waals surface area contributed by atoms with Crippen molar-refractivity contribution in [3.8, 4) is 5.75 Å². The quantitative estimate of drug-likeness (QED) is 0.0971. The molecule has 0 bridgehead atoms. The summed E-state index contributed by atoms with van der Waals surface area (Å²) >= 11 is 0. The Labute approximate surface area is 218 Å². The zero-order valence-corrected chi connectivity index (χ0v) is 22.9. The zero-order valence-electron chi connectivity index (χ0n) is 22.9. The first-order valence-electron chi connectivity index (χ1n) is 12.6. The first-order valence-corrected chi connectivity index (χ1v) is 12.6. The van der Waals surface area contributed by atoms with Crippen LogP contribution in [-0.2, 0) is 4.79 Å². The second-order valence-corrected chi connectivity index (χ2v) is 10.5. The number of allylic oxidation sites excluding steroid dienone is 9. The van der Waals surface area contributed by atoms with E-state index < -0.39 is 11.6 Å². The lowest BCUT2D eigenvalue weighted by Crippen LogP contribution is -2.19. The van der Waals surface area contributed by atoms with E-state index in [0.29, 0.717) is 5.39 Å². The number of fused-ring (bicyclic) bond motifs is 1. The highest BCUT2D eigenvalue weighted by molar-refractivity contribution is 5.97. The molecule has 0 amide bonds. The standard InChI is InChI=1S/C32H36O5/c1-20(13-14-28-22(3)12-9-15-32(28,6)7)10-8-11-21(2)16-30(34)36-25-17-23(4)26-19-27(24(5)33)31(35)37-29(26)18-25/h8,10-11,13-14,16-19H,9,12,15H2,1-7H3/b11-8+,14-13+,20-10+,21-16+. The van der Waals surface area contributed by atoms with Gasteiger partial charge in [0.05, 0.1) is 0 Å². The molecule has 0 spiro atoms. The third kappa shape index (κ3) is 7.16. The summed E-state index contributed by atoms with van der Waals surface area (Å²) in [5, 5.41) is 0.619. The van der Waals surface area contributed by atoms with Crippen LogP contribution in [0.25, 0.3) is 11.0 Å². The molecule has 0 atom stereocenters. The smallest absolute Gasteiger partial charge is 0.347 e. The van der Waals surface area contributed by atoms with Crippen LogP contribution in [0.1, 0.15) is 76.7 Å². The number of carbonyl (C=O) groups is 2. The highest BCUT2D eigenvalue weighted by atomic mass is 16.5. The van der Waals surface area contributed by atoms with E-state index in [1.165, 1.54) is 55.5 Å². The SMILES string of the molecule is CC(=O)c1cc2c(C)cc(OC(=O)/C=C(C)/C=C/C=C(C)/C=C/C3=C(C)CCCC3(C)C)cc2oc1=O. The van der Waals surface area contributed by atoms with Crippen LogP contribution in [0.5, 0.6) is 5.75 Å². The van der Waals surface area contributed by atoms with Gasteiger partial charge in [0.25, 0.3) is 0 Å². The van der Waals surface area contributed by atoms with E-state index in [4.69, 9.17) is 9.15 Å². The molecule has 1 aromatic heterocycles. The molecule has 0 aliphatic heterocycles. The number of hydrogen-bond acceptors (Lipinski definition) is 5. The van der Waals surface area contributed by atoms with Gasteiger partial charge in [-0.1, -0.05) is 55.4 Å². The summed E-state index contributed by atoms with van der Waals surface area (Å²) in [6.07, 6.45) is 15.2. The molecule has 1 aliphatic carbocycles. The molecule has 1 aromatic carbocycles. The van der Waals surface area contributed by atoms with Crippen LogP contribution in [0.4, 0.5) is 0 Å². The largest absolute Gasteiger partial charge is 0.423 e. The van der Waals surface area contributed by atoms with Crippen molar-refractivity contribution in [2.45, 2.75) is 67.7 Å². The minimum absolute atomic E-state index is 0.00417. The summed E-state index contributed by atoms with van der Waals surface area (Å²) in [6, 6.07) is 4.66. The van der Waals surface area contributed by atoms with Crippen LogP contribution in [0.15, 0.2) is 86.2 Å². The van der Waals surface area contributed by atoms with Crippen LogP contribution >= 0.6 is 0 Å². The maximum atomic E-state index is 12.4. The van der Waals surface area contributed by atoms with Crippen molar-refractivity contribution in [1.29, 1.82) is 0 Å². The molecule has 1 aliphatic rings. The lowest BCUT2D eigenvalue weighted by Gasteiger charge is -2.32. The Balaban J connectivity index is 1.68. The summed E-state index contributed by atoms with van der Waals surface area (Å²) in [4.78, 5) is 36.1. The molecule has 0 unspecified atom stereocenters. The average molecular weight is 501 g/mol. The van der Waals surface area contributed by atoms with Gasteiger partial charge in [-0.15, -0.1) is 0 Å². The number of esters is 1. The van der Waals surface area contributed by atoms with Crippen molar-refractivity contribution in [2.24, 2.45) is 5.41 Å². The highest BCUT2D eigenvalue weighted by Crippen LogP contribution is 2.40.